The van der Waals surface area contributed by atoms with E-state index in [2.05, 4.69) is 12.0 Å². The van der Waals surface area contributed by atoms with E-state index in [1.165, 1.54) is 38.5 Å². The monoisotopic (exact) mass is 238 g/mol. The minimum absolute atomic E-state index is 0.383. The number of nitrogens with zero attached hydrogens (tertiary/aromatic N) is 2. The maximum Gasteiger partial charge on any atom is 0.0978 e. The molecule has 0 radical (unpaired) electrons. The van der Waals surface area contributed by atoms with Crippen molar-refractivity contribution in [3.8, 4) is 0 Å². The summed E-state index contributed by atoms with van der Waals surface area (Å²) < 4.78 is 1.74. The van der Waals surface area contributed by atoms with Gasteiger partial charge in [0.15, 0.2) is 0 Å². The summed E-state index contributed by atoms with van der Waals surface area (Å²) in [6, 6.07) is 1.89. The summed E-state index contributed by atoms with van der Waals surface area (Å²) in [7, 11) is 1.88. The lowest BCUT2D eigenvalue weighted by Gasteiger charge is -2.07. The van der Waals surface area contributed by atoms with Crippen molar-refractivity contribution in [1.82, 2.24) is 9.78 Å². The highest BCUT2D eigenvalue weighted by Crippen LogP contribution is 2.18. The van der Waals surface area contributed by atoms with Gasteiger partial charge in [-0.25, -0.2) is 0 Å². The lowest BCUT2D eigenvalue weighted by atomic mass is 10.1. The maximum absolute atomic E-state index is 9.90. The molecule has 0 spiro atoms. The molecule has 0 saturated heterocycles. The third-order valence-electron chi connectivity index (χ3n) is 3.16. The van der Waals surface area contributed by atoms with Crippen molar-refractivity contribution in [3.05, 3.63) is 18.0 Å². The van der Waals surface area contributed by atoms with Gasteiger partial charge in [0, 0.05) is 13.2 Å². The van der Waals surface area contributed by atoms with Gasteiger partial charge in [-0.15, -0.1) is 0 Å². The van der Waals surface area contributed by atoms with Crippen molar-refractivity contribution in [2.45, 2.75) is 64.4 Å². The lowest BCUT2D eigenvalue weighted by molar-refractivity contribution is 0.158. The highest BCUT2D eigenvalue weighted by molar-refractivity contribution is 5.02. The molecule has 0 aromatic carbocycles. The van der Waals surface area contributed by atoms with Crippen molar-refractivity contribution < 1.29 is 5.11 Å². The van der Waals surface area contributed by atoms with Gasteiger partial charge in [0.2, 0.25) is 0 Å². The van der Waals surface area contributed by atoms with Gasteiger partial charge in [-0.2, -0.15) is 5.10 Å². The second kappa shape index (κ2) is 8.29. The normalized spacial score (nSPS) is 12.9. The number of aryl methyl sites for hydroxylation is 1. The minimum atomic E-state index is -0.383. The van der Waals surface area contributed by atoms with Crippen LogP contribution in [0.2, 0.25) is 0 Å². The Bertz CT molecular complexity index is 296. The molecule has 0 bridgehead atoms. The Morgan fingerprint density at radius 2 is 1.82 bits per heavy atom. The largest absolute Gasteiger partial charge is 0.387 e. The number of hydrogen-bond acceptors (Lipinski definition) is 2. The van der Waals surface area contributed by atoms with E-state index in [9.17, 15) is 5.11 Å². The van der Waals surface area contributed by atoms with Crippen molar-refractivity contribution in [2.24, 2.45) is 7.05 Å². The first-order chi connectivity index (χ1) is 8.24. The maximum atomic E-state index is 9.90. The van der Waals surface area contributed by atoms with Gasteiger partial charge in [0.25, 0.3) is 0 Å². The van der Waals surface area contributed by atoms with Crippen molar-refractivity contribution >= 4 is 0 Å². The average Bonchev–Trinajstić information content (AvgIpc) is 2.74. The van der Waals surface area contributed by atoms with E-state index in [0.29, 0.717) is 0 Å². The number of aromatic nitrogens is 2. The molecule has 0 aliphatic heterocycles. The van der Waals surface area contributed by atoms with Crippen LogP contribution in [0.3, 0.4) is 0 Å². The Balaban J connectivity index is 2.03. The molecule has 17 heavy (non-hydrogen) atoms. The third-order valence-corrected chi connectivity index (χ3v) is 3.16. The summed E-state index contributed by atoms with van der Waals surface area (Å²) in [5.74, 6) is 0. The van der Waals surface area contributed by atoms with E-state index >= 15 is 0 Å². The fraction of sp³-hybridized carbons (Fsp3) is 0.786. The molecule has 1 aromatic rings. The first kappa shape index (κ1) is 14.2. The molecule has 1 aromatic heterocycles. The molecule has 1 atom stereocenters. The minimum Gasteiger partial charge on any atom is -0.387 e. The summed E-state index contributed by atoms with van der Waals surface area (Å²) in [5.41, 5.74) is 0.804. The van der Waals surface area contributed by atoms with Gasteiger partial charge in [-0.05, 0) is 12.5 Å². The molecule has 98 valence electrons. The highest BCUT2D eigenvalue weighted by Gasteiger charge is 2.09. The Morgan fingerprint density at radius 1 is 1.18 bits per heavy atom. The van der Waals surface area contributed by atoms with E-state index in [-0.39, 0.29) is 6.10 Å². The first-order valence-corrected chi connectivity index (χ1v) is 6.91. The fourth-order valence-electron chi connectivity index (χ4n) is 2.05. The molecule has 0 fully saturated rings. The van der Waals surface area contributed by atoms with Crippen LogP contribution >= 0.6 is 0 Å². The Kier molecular flexibility index (Phi) is 6.94. The van der Waals surface area contributed by atoms with E-state index in [1.807, 2.05) is 19.3 Å². The van der Waals surface area contributed by atoms with Gasteiger partial charge in [-0.1, -0.05) is 51.9 Å². The van der Waals surface area contributed by atoms with E-state index in [0.717, 1.165) is 18.5 Å². The molecule has 0 aliphatic carbocycles. The Hall–Kier alpha value is -0.830. The van der Waals surface area contributed by atoms with Crippen LogP contribution in [0.15, 0.2) is 12.3 Å². The summed E-state index contributed by atoms with van der Waals surface area (Å²) >= 11 is 0. The molecule has 1 heterocycles. The number of aliphatic hydroxyl groups excluding tert-OH is 1. The van der Waals surface area contributed by atoms with E-state index < -0.39 is 0 Å². The van der Waals surface area contributed by atoms with E-state index in [4.69, 9.17) is 0 Å². The average molecular weight is 238 g/mol. The Morgan fingerprint density at radius 3 is 2.41 bits per heavy atom. The van der Waals surface area contributed by atoms with Gasteiger partial charge >= 0.3 is 0 Å². The summed E-state index contributed by atoms with van der Waals surface area (Å²) in [6.07, 6.45) is 11.3. The molecular formula is C14H26N2O. The second-order valence-corrected chi connectivity index (χ2v) is 4.84. The van der Waals surface area contributed by atoms with Gasteiger partial charge in [-0.3, -0.25) is 4.68 Å². The summed E-state index contributed by atoms with van der Waals surface area (Å²) in [4.78, 5) is 0. The predicted octanol–water partition coefficient (Wildman–Crippen LogP) is 3.59. The van der Waals surface area contributed by atoms with Crippen LogP contribution < -0.4 is 0 Å². The zero-order valence-electron chi connectivity index (χ0n) is 11.2. The van der Waals surface area contributed by atoms with Gasteiger partial charge in [0.05, 0.1) is 11.8 Å². The first-order valence-electron chi connectivity index (χ1n) is 6.91. The van der Waals surface area contributed by atoms with Crippen LogP contribution in [0.5, 0.6) is 0 Å². The third kappa shape index (κ3) is 5.87. The van der Waals surface area contributed by atoms with Crippen LogP contribution in [-0.4, -0.2) is 14.9 Å². The van der Waals surface area contributed by atoms with Crippen LogP contribution in [0.1, 0.15) is 70.1 Å². The molecule has 0 aliphatic rings. The lowest BCUT2D eigenvalue weighted by Crippen LogP contribution is -2.00. The summed E-state index contributed by atoms with van der Waals surface area (Å²) in [6.45, 7) is 2.24. The van der Waals surface area contributed by atoms with Crippen LogP contribution in [0, 0.1) is 0 Å². The second-order valence-electron chi connectivity index (χ2n) is 4.84. The number of hydrogen-bond donors (Lipinski definition) is 1. The fourth-order valence-corrected chi connectivity index (χ4v) is 2.05. The zero-order chi connectivity index (χ0) is 12.5. The van der Waals surface area contributed by atoms with Crippen LogP contribution in [0.25, 0.3) is 0 Å². The molecular weight excluding hydrogens is 212 g/mol. The molecule has 3 heteroatoms. The van der Waals surface area contributed by atoms with Crippen molar-refractivity contribution in [1.29, 1.82) is 0 Å². The zero-order valence-corrected chi connectivity index (χ0v) is 11.2. The van der Waals surface area contributed by atoms with Crippen molar-refractivity contribution in [3.63, 3.8) is 0 Å². The molecule has 1 rings (SSSR count). The number of rotatable bonds is 9. The van der Waals surface area contributed by atoms with Crippen molar-refractivity contribution in [2.75, 3.05) is 0 Å². The molecule has 3 nitrogen and oxygen atoms in total. The SMILES string of the molecule is CCCCCCCCCC(O)c1ccn(C)n1. The molecule has 0 amide bonds. The smallest absolute Gasteiger partial charge is 0.0978 e. The number of unbranched alkanes of at least 4 members (excludes halogenated alkanes) is 6. The van der Waals surface area contributed by atoms with E-state index in [1.54, 1.807) is 4.68 Å². The molecule has 1 N–H and O–H groups in total. The van der Waals surface area contributed by atoms with Gasteiger partial charge in [0.1, 0.15) is 0 Å². The van der Waals surface area contributed by atoms with Gasteiger partial charge < -0.3 is 5.11 Å². The summed E-state index contributed by atoms with van der Waals surface area (Å²) in [5, 5.41) is 14.1. The standard InChI is InChI=1S/C14H26N2O/c1-3-4-5-6-7-8-9-10-14(17)13-11-12-16(2)15-13/h11-12,14,17H,3-10H2,1-2H3. The van der Waals surface area contributed by atoms with Crippen LogP contribution in [-0.2, 0) is 7.05 Å². The predicted molar refractivity (Wildman–Crippen MR) is 70.8 cm³/mol. The Labute approximate surface area is 105 Å². The quantitative estimate of drug-likeness (QED) is 0.668. The molecule has 1 unspecified atom stereocenters. The van der Waals surface area contributed by atoms with Crippen LogP contribution in [0.4, 0.5) is 0 Å². The number of aliphatic hydroxyl groups is 1. The highest BCUT2D eigenvalue weighted by atomic mass is 16.3. The molecule has 0 saturated carbocycles. The topological polar surface area (TPSA) is 38.0 Å².